The van der Waals surface area contributed by atoms with Crippen molar-refractivity contribution in [3.63, 3.8) is 0 Å². The van der Waals surface area contributed by atoms with E-state index in [4.69, 9.17) is 4.74 Å². The third kappa shape index (κ3) is 3.10. The second-order valence-electron chi connectivity index (χ2n) is 3.69. The number of hydrogen-bond donors (Lipinski definition) is 0. The summed E-state index contributed by atoms with van der Waals surface area (Å²) in [7, 11) is 0. The molecular formula is C11H9N3O4S. The minimum Gasteiger partial charge on any atom is -0.457 e. The fraction of sp³-hybridized carbons (Fsp3) is 0.182. The zero-order valence-corrected chi connectivity index (χ0v) is 10.7. The topological polar surface area (TPSA) is 95.2 Å². The highest BCUT2D eigenvalue weighted by atomic mass is 32.1. The van der Waals surface area contributed by atoms with E-state index in [0.717, 1.165) is 11.5 Å². The van der Waals surface area contributed by atoms with Crippen LogP contribution >= 0.6 is 11.5 Å². The number of esters is 1. The Hall–Kier alpha value is -2.35. The van der Waals surface area contributed by atoms with Gasteiger partial charge < -0.3 is 4.74 Å². The van der Waals surface area contributed by atoms with E-state index < -0.39 is 10.9 Å². The molecule has 0 spiro atoms. The molecule has 0 aliphatic rings. The van der Waals surface area contributed by atoms with E-state index in [0.29, 0.717) is 16.1 Å². The summed E-state index contributed by atoms with van der Waals surface area (Å²) in [6.07, 6.45) is 0. The highest BCUT2D eigenvalue weighted by Gasteiger charge is 2.14. The Morgan fingerprint density at radius 1 is 1.42 bits per heavy atom. The summed E-state index contributed by atoms with van der Waals surface area (Å²) in [5.41, 5.74) is 1.20. The number of nitro benzene ring substituents is 1. The zero-order chi connectivity index (χ0) is 13.8. The molecule has 0 saturated heterocycles. The van der Waals surface area contributed by atoms with E-state index in [-0.39, 0.29) is 12.3 Å². The van der Waals surface area contributed by atoms with Crippen LogP contribution in [0.1, 0.15) is 20.9 Å². The average molecular weight is 279 g/mol. The zero-order valence-electron chi connectivity index (χ0n) is 9.90. The molecule has 0 radical (unpaired) electrons. The Labute approximate surface area is 112 Å². The predicted octanol–water partition coefficient (Wildman–Crippen LogP) is 2.11. The predicted molar refractivity (Wildman–Crippen MR) is 66.9 cm³/mol. The number of carbonyl (C=O) groups is 1. The molecule has 1 aromatic carbocycles. The van der Waals surface area contributed by atoms with E-state index in [2.05, 4.69) is 9.59 Å². The van der Waals surface area contributed by atoms with Gasteiger partial charge in [0.1, 0.15) is 6.61 Å². The number of nitrogens with zero attached hydrogens (tertiary/aromatic N) is 3. The number of aryl methyl sites for hydroxylation is 1. The van der Waals surface area contributed by atoms with E-state index in [1.54, 1.807) is 19.1 Å². The average Bonchev–Trinajstić information content (AvgIpc) is 2.83. The van der Waals surface area contributed by atoms with Crippen LogP contribution in [-0.4, -0.2) is 20.5 Å². The Morgan fingerprint density at radius 2 is 2.11 bits per heavy atom. The number of aromatic nitrogens is 2. The first-order chi connectivity index (χ1) is 9.08. The third-order valence-corrected chi connectivity index (χ3v) is 3.16. The minimum absolute atomic E-state index is 0.00224. The number of non-ortho nitro benzene ring substituents is 1. The molecule has 1 heterocycles. The van der Waals surface area contributed by atoms with Crippen LogP contribution in [0.25, 0.3) is 0 Å². The summed E-state index contributed by atoms with van der Waals surface area (Å²) in [5.74, 6) is -0.495. The first-order valence-corrected chi connectivity index (χ1v) is 6.04. The molecule has 7 nitrogen and oxygen atoms in total. The van der Waals surface area contributed by atoms with E-state index >= 15 is 0 Å². The maximum absolute atomic E-state index is 11.7. The summed E-state index contributed by atoms with van der Waals surface area (Å²) in [6.45, 7) is 1.72. The van der Waals surface area contributed by atoms with Crippen molar-refractivity contribution in [1.82, 2.24) is 9.59 Å². The molecule has 0 amide bonds. The number of nitro groups is 1. The van der Waals surface area contributed by atoms with Crippen LogP contribution in [-0.2, 0) is 11.3 Å². The first kappa shape index (κ1) is 13.1. The van der Waals surface area contributed by atoms with Gasteiger partial charge in [-0.1, -0.05) is 4.49 Å². The van der Waals surface area contributed by atoms with Crippen molar-refractivity contribution >= 4 is 23.2 Å². The minimum atomic E-state index is -0.495. The Balaban J connectivity index is 1.97. The lowest BCUT2D eigenvalue weighted by Crippen LogP contribution is -2.04. The number of benzene rings is 1. The second kappa shape index (κ2) is 5.53. The summed E-state index contributed by atoms with van der Waals surface area (Å²) >= 11 is 0.974. The summed E-state index contributed by atoms with van der Waals surface area (Å²) in [4.78, 5) is 22.0. The summed E-state index contributed by atoms with van der Waals surface area (Å²) in [5, 5.41) is 14.2. The van der Waals surface area contributed by atoms with Crippen LogP contribution in [0.2, 0.25) is 0 Å². The normalized spacial score (nSPS) is 10.2. The van der Waals surface area contributed by atoms with Gasteiger partial charge in [-0.15, -0.1) is 5.10 Å². The van der Waals surface area contributed by atoms with E-state index in [1.807, 2.05) is 0 Å². The molecule has 0 saturated carbocycles. The van der Waals surface area contributed by atoms with Crippen LogP contribution in [0.15, 0.2) is 24.3 Å². The molecule has 8 heteroatoms. The van der Waals surface area contributed by atoms with Crippen molar-refractivity contribution in [2.75, 3.05) is 0 Å². The van der Waals surface area contributed by atoms with Gasteiger partial charge in [0.2, 0.25) is 0 Å². The summed E-state index contributed by atoms with van der Waals surface area (Å²) in [6, 6.07) is 5.82. The first-order valence-electron chi connectivity index (χ1n) is 5.27. The lowest BCUT2D eigenvalue weighted by atomic mass is 10.2. The van der Waals surface area contributed by atoms with Gasteiger partial charge in [0.15, 0.2) is 4.88 Å². The van der Waals surface area contributed by atoms with Crippen molar-refractivity contribution in [1.29, 1.82) is 0 Å². The fourth-order valence-corrected chi connectivity index (χ4v) is 1.90. The molecule has 0 aliphatic carbocycles. The van der Waals surface area contributed by atoms with Crippen molar-refractivity contribution in [2.45, 2.75) is 13.5 Å². The molecule has 0 bridgehead atoms. The Kier molecular flexibility index (Phi) is 3.81. The monoisotopic (exact) mass is 279 g/mol. The smallest absolute Gasteiger partial charge is 0.352 e. The van der Waals surface area contributed by atoms with Crippen molar-refractivity contribution in [3.05, 3.63) is 50.5 Å². The molecule has 98 valence electrons. The number of hydrogen-bond acceptors (Lipinski definition) is 7. The van der Waals surface area contributed by atoms with Gasteiger partial charge in [-0.25, -0.2) is 4.79 Å². The highest BCUT2D eigenvalue weighted by molar-refractivity contribution is 7.07. The second-order valence-corrected chi connectivity index (χ2v) is 4.44. The number of rotatable bonds is 4. The maximum atomic E-state index is 11.7. The lowest BCUT2D eigenvalue weighted by Gasteiger charge is -2.03. The van der Waals surface area contributed by atoms with Gasteiger partial charge in [0.05, 0.1) is 10.6 Å². The molecule has 0 N–H and O–H groups in total. The molecule has 19 heavy (non-hydrogen) atoms. The Morgan fingerprint density at radius 3 is 2.63 bits per heavy atom. The number of carbonyl (C=O) groups excluding carboxylic acids is 1. The molecule has 2 aromatic rings. The van der Waals surface area contributed by atoms with Crippen LogP contribution in [0.3, 0.4) is 0 Å². The largest absolute Gasteiger partial charge is 0.457 e. The van der Waals surface area contributed by atoms with Crippen LogP contribution < -0.4 is 0 Å². The van der Waals surface area contributed by atoms with Gasteiger partial charge in [-0.3, -0.25) is 10.1 Å². The lowest BCUT2D eigenvalue weighted by molar-refractivity contribution is -0.384. The fourth-order valence-electron chi connectivity index (χ4n) is 1.35. The highest BCUT2D eigenvalue weighted by Crippen LogP contribution is 2.15. The van der Waals surface area contributed by atoms with E-state index in [9.17, 15) is 14.9 Å². The van der Waals surface area contributed by atoms with Crippen LogP contribution in [0.5, 0.6) is 0 Å². The quantitative estimate of drug-likeness (QED) is 0.483. The molecule has 0 aliphatic heterocycles. The van der Waals surface area contributed by atoms with Gasteiger partial charge in [-0.05, 0) is 36.2 Å². The SMILES string of the molecule is Cc1nnsc1C(=O)OCc1ccc([N+](=O)[O-])cc1. The van der Waals surface area contributed by atoms with Gasteiger partial charge in [0.25, 0.3) is 5.69 Å². The molecule has 0 fully saturated rings. The van der Waals surface area contributed by atoms with Crippen molar-refractivity contribution < 1.29 is 14.5 Å². The van der Waals surface area contributed by atoms with Gasteiger partial charge >= 0.3 is 5.97 Å². The molecule has 1 aromatic heterocycles. The molecule has 0 atom stereocenters. The molecular weight excluding hydrogens is 270 g/mol. The molecule has 2 rings (SSSR count). The third-order valence-electron chi connectivity index (χ3n) is 2.35. The standard InChI is InChI=1S/C11H9N3O4S/c1-7-10(19-13-12-7)11(15)18-6-8-2-4-9(5-3-8)14(16)17/h2-5H,6H2,1H3. The van der Waals surface area contributed by atoms with Gasteiger partial charge in [0, 0.05) is 12.1 Å². The van der Waals surface area contributed by atoms with E-state index in [1.165, 1.54) is 12.1 Å². The van der Waals surface area contributed by atoms with Gasteiger partial charge in [-0.2, -0.15) is 0 Å². The van der Waals surface area contributed by atoms with Crippen molar-refractivity contribution in [3.8, 4) is 0 Å². The Bertz CT molecular complexity index is 609. The number of ether oxygens (including phenoxy) is 1. The molecule has 0 unspecified atom stereocenters. The van der Waals surface area contributed by atoms with Crippen molar-refractivity contribution in [2.24, 2.45) is 0 Å². The van der Waals surface area contributed by atoms with Crippen LogP contribution in [0, 0.1) is 17.0 Å². The maximum Gasteiger partial charge on any atom is 0.352 e. The van der Waals surface area contributed by atoms with Crippen LogP contribution in [0.4, 0.5) is 5.69 Å². The summed E-state index contributed by atoms with van der Waals surface area (Å²) < 4.78 is 8.72.